The van der Waals surface area contributed by atoms with Crippen molar-refractivity contribution in [1.29, 1.82) is 0 Å². The van der Waals surface area contributed by atoms with Gasteiger partial charge in [-0.05, 0) is 26.0 Å². The third-order valence-corrected chi connectivity index (χ3v) is 2.08. The van der Waals surface area contributed by atoms with Crippen LogP contribution < -0.4 is 5.43 Å². The molecular weight excluding hydrogens is 176 g/mol. The van der Waals surface area contributed by atoms with Gasteiger partial charge in [0.05, 0.1) is 0 Å². The van der Waals surface area contributed by atoms with E-state index in [0.29, 0.717) is 0 Å². The molecule has 0 unspecified atom stereocenters. The predicted molar refractivity (Wildman–Crippen MR) is 55.0 cm³/mol. The normalized spacial score (nSPS) is 10.1. The number of aromatic nitrogens is 3. The van der Waals surface area contributed by atoms with Gasteiger partial charge < -0.3 is 0 Å². The average molecular weight is 188 g/mol. The highest BCUT2D eigenvalue weighted by atomic mass is 15.4. The largest absolute Gasteiger partial charge is 0.278 e. The Bertz CT molecular complexity index is 399. The van der Waals surface area contributed by atoms with E-state index in [1.165, 1.54) is 6.33 Å². The van der Waals surface area contributed by atoms with Gasteiger partial charge in [-0.3, -0.25) is 10.1 Å². The SMILES string of the molecule is Cc1ccc(C)n1Nc1ccncn1. The Balaban J connectivity index is 2.27. The first-order valence-corrected chi connectivity index (χ1v) is 4.45. The molecule has 0 saturated carbocycles. The van der Waals surface area contributed by atoms with Crippen LogP contribution in [0, 0.1) is 13.8 Å². The van der Waals surface area contributed by atoms with E-state index in [1.54, 1.807) is 6.20 Å². The van der Waals surface area contributed by atoms with Crippen molar-refractivity contribution in [1.82, 2.24) is 14.6 Å². The molecule has 2 heterocycles. The van der Waals surface area contributed by atoms with Crippen molar-refractivity contribution < 1.29 is 0 Å². The lowest BCUT2D eigenvalue weighted by Gasteiger charge is -2.10. The number of rotatable bonds is 2. The van der Waals surface area contributed by atoms with Crippen molar-refractivity contribution in [3.05, 3.63) is 42.1 Å². The van der Waals surface area contributed by atoms with E-state index in [-0.39, 0.29) is 0 Å². The van der Waals surface area contributed by atoms with Crippen molar-refractivity contribution in [2.75, 3.05) is 5.43 Å². The average Bonchev–Trinajstić information content (AvgIpc) is 2.51. The number of anilines is 1. The Morgan fingerprint density at radius 3 is 2.43 bits per heavy atom. The van der Waals surface area contributed by atoms with E-state index in [4.69, 9.17) is 0 Å². The van der Waals surface area contributed by atoms with Crippen LogP contribution in [-0.4, -0.2) is 14.6 Å². The van der Waals surface area contributed by atoms with E-state index in [9.17, 15) is 0 Å². The number of nitrogens with one attached hydrogen (secondary N) is 1. The van der Waals surface area contributed by atoms with Gasteiger partial charge in [-0.25, -0.2) is 9.97 Å². The Hall–Kier alpha value is -1.84. The fourth-order valence-corrected chi connectivity index (χ4v) is 1.32. The van der Waals surface area contributed by atoms with Crippen molar-refractivity contribution >= 4 is 5.82 Å². The van der Waals surface area contributed by atoms with Crippen LogP contribution in [0.25, 0.3) is 0 Å². The summed E-state index contributed by atoms with van der Waals surface area (Å²) in [5, 5.41) is 0. The van der Waals surface area contributed by atoms with E-state index in [0.717, 1.165) is 17.2 Å². The smallest absolute Gasteiger partial charge is 0.148 e. The fraction of sp³-hybridized carbons (Fsp3) is 0.200. The molecule has 0 saturated heterocycles. The minimum atomic E-state index is 0.794. The van der Waals surface area contributed by atoms with Gasteiger partial charge in [0.15, 0.2) is 0 Å². The Labute approximate surface area is 82.6 Å². The number of hydrogen-bond donors (Lipinski definition) is 1. The Morgan fingerprint density at radius 1 is 1.14 bits per heavy atom. The standard InChI is InChI=1S/C10H12N4/c1-8-3-4-9(2)14(8)13-10-5-6-11-7-12-10/h3-7H,1-2H3,(H,11,12,13). The molecule has 0 fully saturated rings. The summed E-state index contributed by atoms with van der Waals surface area (Å²) in [5.41, 5.74) is 5.49. The first-order chi connectivity index (χ1) is 6.77. The third-order valence-electron chi connectivity index (χ3n) is 2.08. The number of nitrogens with zero attached hydrogens (tertiary/aromatic N) is 3. The van der Waals surface area contributed by atoms with Crippen LogP contribution in [0.3, 0.4) is 0 Å². The highest BCUT2D eigenvalue weighted by molar-refractivity contribution is 5.33. The van der Waals surface area contributed by atoms with Gasteiger partial charge in [0.1, 0.15) is 12.1 Å². The molecule has 0 aliphatic carbocycles. The number of hydrogen-bond acceptors (Lipinski definition) is 3. The molecule has 1 N–H and O–H groups in total. The zero-order valence-corrected chi connectivity index (χ0v) is 8.23. The monoisotopic (exact) mass is 188 g/mol. The van der Waals surface area contributed by atoms with E-state index in [1.807, 2.05) is 24.6 Å². The summed E-state index contributed by atoms with van der Waals surface area (Å²) in [4.78, 5) is 7.95. The second kappa shape index (κ2) is 3.49. The molecule has 0 spiro atoms. The third kappa shape index (κ3) is 1.59. The van der Waals surface area contributed by atoms with Crippen LogP contribution in [0.15, 0.2) is 30.7 Å². The van der Waals surface area contributed by atoms with Gasteiger partial charge >= 0.3 is 0 Å². The lowest BCUT2D eigenvalue weighted by molar-refractivity contribution is 0.868. The summed E-state index contributed by atoms with van der Waals surface area (Å²) >= 11 is 0. The van der Waals surface area contributed by atoms with Crippen LogP contribution in [-0.2, 0) is 0 Å². The summed E-state index contributed by atoms with van der Waals surface area (Å²) in [5.74, 6) is 0.794. The maximum absolute atomic E-state index is 4.09. The van der Waals surface area contributed by atoms with E-state index in [2.05, 4.69) is 27.5 Å². The summed E-state index contributed by atoms with van der Waals surface area (Å²) in [6.07, 6.45) is 3.24. The molecule has 4 nitrogen and oxygen atoms in total. The van der Waals surface area contributed by atoms with Crippen LogP contribution in [0.1, 0.15) is 11.4 Å². The van der Waals surface area contributed by atoms with Crippen LogP contribution >= 0.6 is 0 Å². The lowest BCUT2D eigenvalue weighted by Crippen LogP contribution is -2.13. The second-order valence-electron chi connectivity index (χ2n) is 3.16. The molecular formula is C10H12N4. The van der Waals surface area contributed by atoms with Crippen molar-refractivity contribution in [3.8, 4) is 0 Å². The molecule has 14 heavy (non-hydrogen) atoms. The molecule has 0 bridgehead atoms. The Kier molecular flexibility index (Phi) is 2.18. The molecule has 2 aromatic rings. The Morgan fingerprint density at radius 2 is 1.86 bits per heavy atom. The number of aryl methyl sites for hydroxylation is 2. The second-order valence-corrected chi connectivity index (χ2v) is 3.16. The van der Waals surface area contributed by atoms with Crippen LogP contribution in [0.4, 0.5) is 5.82 Å². The molecule has 0 atom stereocenters. The molecule has 0 aromatic carbocycles. The maximum atomic E-state index is 4.09. The first-order valence-electron chi connectivity index (χ1n) is 4.45. The molecule has 0 amide bonds. The topological polar surface area (TPSA) is 42.7 Å². The van der Waals surface area contributed by atoms with Crippen LogP contribution in [0.2, 0.25) is 0 Å². The maximum Gasteiger partial charge on any atom is 0.148 e. The van der Waals surface area contributed by atoms with Crippen molar-refractivity contribution in [3.63, 3.8) is 0 Å². The van der Waals surface area contributed by atoms with Crippen LogP contribution in [0.5, 0.6) is 0 Å². The zero-order valence-electron chi connectivity index (χ0n) is 8.23. The molecule has 4 heteroatoms. The molecule has 2 aromatic heterocycles. The van der Waals surface area contributed by atoms with Gasteiger partial charge in [-0.2, -0.15) is 0 Å². The molecule has 2 rings (SSSR count). The summed E-state index contributed by atoms with van der Waals surface area (Å²) < 4.78 is 1.99. The first kappa shape index (κ1) is 8.74. The molecule has 0 aliphatic heterocycles. The quantitative estimate of drug-likeness (QED) is 0.781. The lowest BCUT2D eigenvalue weighted by atomic mass is 10.5. The minimum Gasteiger partial charge on any atom is -0.278 e. The van der Waals surface area contributed by atoms with E-state index < -0.39 is 0 Å². The highest BCUT2D eigenvalue weighted by Crippen LogP contribution is 2.08. The summed E-state index contributed by atoms with van der Waals surface area (Å²) in [6.45, 7) is 4.09. The van der Waals surface area contributed by atoms with Gasteiger partial charge in [0, 0.05) is 23.7 Å². The zero-order chi connectivity index (χ0) is 9.97. The van der Waals surface area contributed by atoms with Gasteiger partial charge in [-0.15, -0.1) is 0 Å². The van der Waals surface area contributed by atoms with Gasteiger partial charge in [-0.1, -0.05) is 0 Å². The fourth-order valence-electron chi connectivity index (χ4n) is 1.32. The predicted octanol–water partition coefficient (Wildman–Crippen LogP) is 1.77. The summed E-state index contributed by atoms with van der Waals surface area (Å²) in [6, 6.07) is 5.95. The van der Waals surface area contributed by atoms with Gasteiger partial charge in [0.2, 0.25) is 0 Å². The molecule has 0 radical (unpaired) electrons. The minimum absolute atomic E-state index is 0.794. The van der Waals surface area contributed by atoms with Crippen molar-refractivity contribution in [2.45, 2.75) is 13.8 Å². The summed E-state index contributed by atoms with van der Waals surface area (Å²) in [7, 11) is 0. The molecule has 72 valence electrons. The molecule has 0 aliphatic rings. The van der Waals surface area contributed by atoms with Crippen molar-refractivity contribution in [2.24, 2.45) is 0 Å². The van der Waals surface area contributed by atoms with Gasteiger partial charge in [0.25, 0.3) is 0 Å². The highest BCUT2D eigenvalue weighted by Gasteiger charge is 2.00. The van der Waals surface area contributed by atoms with E-state index >= 15 is 0 Å².